The molecule has 0 saturated carbocycles. The third-order valence-electron chi connectivity index (χ3n) is 7.34. The summed E-state index contributed by atoms with van der Waals surface area (Å²) >= 11 is 0. The van der Waals surface area contributed by atoms with Crippen LogP contribution in [0.3, 0.4) is 0 Å². The van der Waals surface area contributed by atoms with Gasteiger partial charge in [0.15, 0.2) is 0 Å². The molecule has 0 bridgehead atoms. The lowest BCUT2D eigenvalue weighted by atomic mass is 9.87. The summed E-state index contributed by atoms with van der Waals surface area (Å²) in [6.45, 7) is 1.80. The van der Waals surface area contributed by atoms with Crippen LogP contribution >= 0.6 is 0 Å². The van der Waals surface area contributed by atoms with E-state index in [1.165, 1.54) is 4.57 Å². The Hall–Kier alpha value is -6.29. The maximum Gasteiger partial charge on any atom is 0.362 e. The second kappa shape index (κ2) is 12.0. The summed E-state index contributed by atoms with van der Waals surface area (Å²) in [4.78, 5) is 31.4. The first kappa shape index (κ1) is 28.5. The van der Waals surface area contributed by atoms with Gasteiger partial charge in [0.2, 0.25) is 11.4 Å². The normalized spacial score (nSPS) is 14.0. The molecule has 0 fully saturated rings. The van der Waals surface area contributed by atoms with Crippen LogP contribution in [0.25, 0.3) is 17.5 Å². The fraction of sp³-hybridized carbons (Fsp3) is 0.0833. The summed E-state index contributed by atoms with van der Waals surface area (Å²) < 4.78 is 30.3. The molecule has 0 radical (unpaired) electrons. The SMILES string of the molecule is CCOC(=O)C1=c2oc(=O)/c(=C\c3ccc(Oc4ccccc4)cc3)n2-c2oc(N)nc2C1c1ccc(Oc2ccccc2)cc1. The number of ether oxygens (including phenoxy) is 3. The number of fused-ring (bicyclic) bond motifs is 3. The zero-order valence-electron chi connectivity index (χ0n) is 24.6. The molecule has 0 amide bonds. The van der Waals surface area contributed by atoms with Gasteiger partial charge in [-0.25, -0.2) is 14.2 Å². The maximum atomic E-state index is 13.6. The molecule has 0 saturated heterocycles. The number of hydrogen-bond donors (Lipinski definition) is 1. The van der Waals surface area contributed by atoms with E-state index >= 15 is 0 Å². The average molecular weight is 614 g/mol. The number of nitrogens with zero attached hydrogens (tertiary/aromatic N) is 2. The molecule has 46 heavy (non-hydrogen) atoms. The molecular formula is C36H27N3O7. The minimum atomic E-state index is -0.811. The second-order valence-electron chi connectivity index (χ2n) is 10.3. The van der Waals surface area contributed by atoms with Crippen LogP contribution in [0.15, 0.2) is 123 Å². The molecular weight excluding hydrogens is 586 g/mol. The number of anilines is 1. The highest BCUT2D eigenvalue weighted by Gasteiger charge is 2.39. The molecule has 1 unspecified atom stereocenters. The van der Waals surface area contributed by atoms with Gasteiger partial charge in [-0.2, -0.15) is 4.98 Å². The first-order chi connectivity index (χ1) is 22.5. The second-order valence-corrected chi connectivity index (χ2v) is 10.3. The number of oxazole rings is 2. The number of nitrogen functional groups attached to an aromatic ring is 1. The highest BCUT2D eigenvalue weighted by atomic mass is 16.5. The number of esters is 1. The fourth-order valence-corrected chi connectivity index (χ4v) is 5.34. The average Bonchev–Trinajstić information content (AvgIpc) is 3.61. The number of carbonyl (C=O) groups excluding carboxylic acids is 1. The molecule has 4 aromatic carbocycles. The Kier molecular flexibility index (Phi) is 7.43. The Balaban J connectivity index is 1.34. The predicted octanol–water partition coefficient (Wildman–Crippen LogP) is 5.27. The van der Waals surface area contributed by atoms with E-state index < -0.39 is 17.5 Å². The van der Waals surface area contributed by atoms with Crippen molar-refractivity contribution < 1.29 is 27.8 Å². The lowest BCUT2D eigenvalue weighted by molar-refractivity contribution is -0.136. The summed E-state index contributed by atoms with van der Waals surface area (Å²) in [6.07, 6.45) is 1.63. The van der Waals surface area contributed by atoms with Crippen LogP contribution in [-0.4, -0.2) is 22.1 Å². The molecule has 6 aromatic rings. The van der Waals surface area contributed by atoms with E-state index in [-0.39, 0.29) is 35.0 Å². The van der Waals surface area contributed by atoms with Gasteiger partial charge in [-0.3, -0.25) is 0 Å². The smallest absolute Gasteiger partial charge is 0.362 e. The predicted molar refractivity (Wildman–Crippen MR) is 169 cm³/mol. The van der Waals surface area contributed by atoms with E-state index in [9.17, 15) is 9.59 Å². The third-order valence-corrected chi connectivity index (χ3v) is 7.34. The lowest BCUT2D eigenvalue weighted by Gasteiger charge is -2.22. The van der Waals surface area contributed by atoms with E-state index in [0.717, 1.165) is 0 Å². The fourth-order valence-electron chi connectivity index (χ4n) is 5.34. The molecule has 10 heteroatoms. The van der Waals surface area contributed by atoms with Crippen LogP contribution in [0.4, 0.5) is 6.01 Å². The van der Waals surface area contributed by atoms with Gasteiger partial charge in [0.1, 0.15) is 39.6 Å². The van der Waals surface area contributed by atoms with Crippen molar-refractivity contribution in [3.8, 4) is 28.9 Å². The highest BCUT2D eigenvalue weighted by molar-refractivity contribution is 6.12. The van der Waals surface area contributed by atoms with Gasteiger partial charge in [0.25, 0.3) is 6.01 Å². The van der Waals surface area contributed by atoms with E-state index in [2.05, 4.69) is 4.98 Å². The molecule has 1 aliphatic rings. The maximum absolute atomic E-state index is 13.6. The first-order valence-electron chi connectivity index (χ1n) is 14.6. The molecule has 228 valence electrons. The minimum absolute atomic E-state index is 0.0306. The summed E-state index contributed by atoms with van der Waals surface area (Å²) in [5.74, 6) is 1.28. The van der Waals surface area contributed by atoms with E-state index in [1.54, 1.807) is 61.5 Å². The summed E-state index contributed by atoms with van der Waals surface area (Å²) in [6, 6.07) is 33.0. The van der Waals surface area contributed by atoms with Crippen LogP contribution in [0.5, 0.6) is 23.0 Å². The number of carbonyl (C=O) groups is 1. The number of benzene rings is 4. The lowest BCUT2D eigenvalue weighted by Crippen LogP contribution is -2.37. The van der Waals surface area contributed by atoms with Gasteiger partial charge in [-0.15, -0.1) is 0 Å². The quantitative estimate of drug-likeness (QED) is 0.228. The summed E-state index contributed by atoms with van der Waals surface area (Å²) in [5.41, 5.74) is 7.10. The molecule has 3 heterocycles. The van der Waals surface area contributed by atoms with Crippen LogP contribution in [0.1, 0.15) is 29.7 Å². The highest BCUT2D eigenvalue weighted by Crippen LogP contribution is 2.39. The Bertz CT molecular complexity index is 2200. The Morgan fingerprint density at radius 3 is 1.98 bits per heavy atom. The van der Waals surface area contributed by atoms with Gasteiger partial charge >= 0.3 is 11.6 Å². The minimum Gasteiger partial charge on any atom is -0.462 e. The van der Waals surface area contributed by atoms with E-state index in [0.29, 0.717) is 39.8 Å². The molecule has 0 spiro atoms. The topological polar surface area (TPSA) is 132 Å². The summed E-state index contributed by atoms with van der Waals surface area (Å²) in [5, 5.41) is 0.107. The van der Waals surface area contributed by atoms with Gasteiger partial charge in [-0.1, -0.05) is 60.7 Å². The van der Waals surface area contributed by atoms with E-state index in [4.69, 9.17) is 28.8 Å². The van der Waals surface area contributed by atoms with Gasteiger partial charge in [0.05, 0.1) is 12.5 Å². The van der Waals surface area contributed by atoms with Crippen LogP contribution in [-0.2, 0) is 9.53 Å². The van der Waals surface area contributed by atoms with Crippen molar-refractivity contribution in [3.63, 3.8) is 0 Å². The van der Waals surface area contributed by atoms with Crippen molar-refractivity contribution in [2.45, 2.75) is 12.8 Å². The van der Waals surface area contributed by atoms with Gasteiger partial charge in [-0.05, 0) is 72.7 Å². The number of para-hydroxylation sites is 2. The Morgan fingerprint density at radius 1 is 0.826 bits per heavy atom. The largest absolute Gasteiger partial charge is 0.462 e. The molecule has 10 nitrogen and oxygen atoms in total. The van der Waals surface area contributed by atoms with Crippen LogP contribution in [0.2, 0.25) is 0 Å². The molecule has 2 N–H and O–H groups in total. The molecule has 1 atom stereocenters. The van der Waals surface area contributed by atoms with Crippen molar-refractivity contribution >= 4 is 23.6 Å². The van der Waals surface area contributed by atoms with Crippen molar-refractivity contribution in [1.29, 1.82) is 0 Å². The Labute approximate surface area is 262 Å². The van der Waals surface area contributed by atoms with E-state index in [1.807, 2.05) is 60.7 Å². The van der Waals surface area contributed by atoms with Crippen molar-refractivity contribution in [1.82, 2.24) is 9.55 Å². The molecule has 7 rings (SSSR count). The monoisotopic (exact) mass is 613 g/mol. The molecule has 2 aromatic heterocycles. The number of nitrogens with two attached hydrogens (primary N) is 1. The number of rotatable bonds is 8. The van der Waals surface area contributed by atoms with Gasteiger partial charge in [0, 0.05) is 0 Å². The zero-order valence-corrected chi connectivity index (χ0v) is 24.6. The number of hydrogen-bond acceptors (Lipinski definition) is 9. The standard InChI is InChI=1S/C36H27N3O7/c1-2-42-35(41)30-29(23-15-19-27(20-16-23)44-25-11-7-4-8-12-25)31-33(46-36(37)38-31)39-28(34(40)45-32(30)39)21-22-13-17-26(18-14-22)43-24-9-5-3-6-10-24/h3-21,29H,2H2,1H3,(H2,37,38)/b28-21+. The van der Waals surface area contributed by atoms with Crippen LogP contribution in [0, 0.1) is 0 Å². The number of aromatic nitrogens is 2. The van der Waals surface area contributed by atoms with Gasteiger partial charge < -0.3 is 28.8 Å². The van der Waals surface area contributed by atoms with Crippen molar-refractivity contribution in [3.05, 3.63) is 147 Å². The first-order valence-corrected chi connectivity index (χ1v) is 14.6. The van der Waals surface area contributed by atoms with Crippen molar-refractivity contribution in [2.24, 2.45) is 0 Å². The third kappa shape index (κ3) is 5.43. The molecule has 1 aliphatic heterocycles. The zero-order chi connectivity index (χ0) is 31.6. The summed E-state index contributed by atoms with van der Waals surface area (Å²) in [7, 11) is 0. The molecule has 0 aliphatic carbocycles. The Morgan fingerprint density at radius 2 is 1.39 bits per heavy atom. The van der Waals surface area contributed by atoms with Crippen molar-refractivity contribution in [2.75, 3.05) is 12.3 Å². The van der Waals surface area contributed by atoms with Crippen LogP contribution < -0.4 is 31.7 Å².